The van der Waals surface area contributed by atoms with Crippen LogP contribution >= 0.6 is 0 Å². The van der Waals surface area contributed by atoms with Crippen LogP contribution in [0.2, 0.25) is 0 Å². The highest BCUT2D eigenvalue weighted by Gasteiger charge is 2.64. The summed E-state index contributed by atoms with van der Waals surface area (Å²) < 4.78 is 0. The smallest absolute Gasteiger partial charge is 0.142 e. The van der Waals surface area contributed by atoms with Crippen LogP contribution in [0.1, 0.15) is 58.8 Å². The molecule has 0 aromatic carbocycles. The SMILES string of the molecule is C[C@]12CCC(=NOCCN)CC1[C@@H](CO)C(=O)[C@@H]1[C@@H]2CC[C@]2(C)C(=O)CC[C@@H]12. The Bertz CT molecular complexity index is 692. The zero-order valence-electron chi connectivity index (χ0n) is 17.2. The third-order valence-electron chi connectivity index (χ3n) is 8.86. The van der Waals surface area contributed by atoms with Crippen LogP contribution in [0.5, 0.6) is 0 Å². The van der Waals surface area contributed by atoms with Gasteiger partial charge in [0.15, 0.2) is 0 Å². The molecule has 4 fully saturated rings. The van der Waals surface area contributed by atoms with Gasteiger partial charge in [-0.1, -0.05) is 19.0 Å². The van der Waals surface area contributed by atoms with Crippen LogP contribution in [0, 0.1) is 40.4 Å². The van der Waals surface area contributed by atoms with Gasteiger partial charge in [-0.25, -0.2) is 0 Å². The molecule has 0 aliphatic heterocycles. The molecule has 1 unspecified atom stereocenters. The van der Waals surface area contributed by atoms with Gasteiger partial charge >= 0.3 is 0 Å². The summed E-state index contributed by atoms with van der Waals surface area (Å²) in [6.07, 6.45) is 5.83. The summed E-state index contributed by atoms with van der Waals surface area (Å²) in [6, 6.07) is 0. The molecule has 4 aliphatic carbocycles. The fraction of sp³-hybridized carbons (Fsp3) is 0.864. The normalized spacial score (nSPS) is 46.9. The van der Waals surface area contributed by atoms with E-state index in [2.05, 4.69) is 19.0 Å². The molecule has 0 saturated heterocycles. The summed E-state index contributed by atoms with van der Waals surface area (Å²) in [6.45, 7) is 5.11. The van der Waals surface area contributed by atoms with Crippen molar-refractivity contribution in [3.63, 3.8) is 0 Å². The minimum absolute atomic E-state index is 0.00578. The number of nitrogens with two attached hydrogens (primary N) is 1. The lowest BCUT2D eigenvalue weighted by Crippen LogP contribution is -2.61. The van der Waals surface area contributed by atoms with Crippen molar-refractivity contribution in [2.75, 3.05) is 19.8 Å². The van der Waals surface area contributed by atoms with E-state index in [0.29, 0.717) is 37.7 Å². The summed E-state index contributed by atoms with van der Waals surface area (Å²) in [5, 5.41) is 14.5. The van der Waals surface area contributed by atoms with E-state index < -0.39 is 0 Å². The fourth-order valence-corrected chi connectivity index (χ4v) is 7.24. The molecule has 7 atom stereocenters. The zero-order valence-corrected chi connectivity index (χ0v) is 17.2. The van der Waals surface area contributed by atoms with Gasteiger partial charge in [0.25, 0.3) is 0 Å². The number of rotatable bonds is 4. The molecule has 0 heterocycles. The Labute approximate surface area is 167 Å². The van der Waals surface area contributed by atoms with Crippen molar-refractivity contribution >= 4 is 17.3 Å². The van der Waals surface area contributed by atoms with Crippen molar-refractivity contribution < 1.29 is 19.5 Å². The lowest BCUT2D eigenvalue weighted by Gasteiger charge is -2.60. The Morgan fingerprint density at radius 2 is 1.93 bits per heavy atom. The number of aliphatic hydroxyl groups is 1. The molecule has 0 amide bonds. The average molecular weight is 391 g/mol. The molecule has 6 heteroatoms. The first-order valence-corrected chi connectivity index (χ1v) is 10.9. The van der Waals surface area contributed by atoms with Crippen molar-refractivity contribution in [3.8, 4) is 0 Å². The van der Waals surface area contributed by atoms with Gasteiger partial charge in [0, 0.05) is 30.2 Å². The van der Waals surface area contributed by atoms with Gasteiger partial charge < -0.3 is 15.7 Å². The summed E-state index contributed by atoms with van der Waals surface area (Å²) in [7, 11) is 0. The molecule has 4 saturated carbocycles. The molecular formula is C22H34N2O4. The quantitative estimate of drug-likeness (QED) is 0.567. The highest BCUT2D eigenvalue weighted by molar-refractivity contribution is 5.93. The third-order valence-corrected chi connectivity index (χ3v) is 8.86. The number of fused-ring (bicyclic) bond motifs is 5. The van der Waals surface area contributed by atoms with Crippen LogP contribution in [0.25, 0.3) is 0 Å². The van der Waals surface area contributed by atoms with Crippen LogP contribution in [0.3, 0.4) is 0 Å². The topological polar surface area (TPSA) is 102 Å². The number of carbonyl (C=O) groups excluding carboxylic acids is 2. The highest BCUT2D eigenvalue weighted by Crippen LogP contribution is 2.65. The first kappa shape index (κ1) is 20.0. The molecule has 0 radical (unpaired) electrons. The number of nitrogens with zero attached hydrogens (tertiary/aromatic N) is 1. The second-order valence-corrected chi connectivity index (χ2v) is 9.94. The van der Waals surface area contributed by atoms with Crippen LogP contribution < -0.4 is 5.73 Å². The molecule has 6 nitrogen and oxygen atoms in total. The Hall–Kier alpha value is -1.27. The van der Waals surface area contributed by atoms with E-state index in [9.17, 15) is 14.7 Å². The van der Waals surface area contributed by atoms with Crippen LogP contribution in [-0.2, 0) is 14.4 Å². The van der Waals surface area contributed by atoms with E-state index in [1.54, 1.807) is 0 Å². The number of carbonyl (C=O) groups is 2. The highest BCUT2D eigenvalue weighted by atomic mass is 16.6. The summed E-state index contributed by atoms with van der Waals surface area (Å²) >= 11 is 0. The van der Waals surface area contributed by atoms with E-state index in [4.69, 9.17) is 10.6 Å². The second-order valence-electron chi connectivity index (χ2n) is 9.94. The summed E-state index contributed by atoms with van der Waals surface area (Å²) in [4.78, 5) is 31.5. The van der Waals surface area contributed by atoms with Gasteiger partial charge in [-0.2, -0.15) is 0 Å². The maximum Gasteiger partial charge on any atom is 0.142 e. The minimum atomic E-state index is -0.357. The number of oxime groups is 1. The third kappa shape index (κ3) is 2.78. The molecule has 4 aliphatic rings. The van der Waals surface area contributed by atoms with Crippen molar-refractivity contribution in [1.29, 1.82) is 0 Å². The average Bonchev–Trinajstić information content (AvgIpc) is 2.98. The first-order chi connectivity index (χ1) is 13.4. The number of ketones is 2. The Kier molecular flexibility index (Phi) is 5.15. The van der Waals surface area contributed by atoms with Crippen LogP contribution in [-0.4, -0.2) is 42.1 Å². The molecule has 0 bridgehead atoms. The Balaban J connectivity index is 1.65. The van der Waals surface area contributed by atoms with Crippen LogP contribution in [0.15, 0.2) is 5.16 Å². The van der Waals surface area contributed by atoms with Gasteiger partial charge in [-0.05, 0) is 61.7 Å². The fourth-order valence-electron chi connectivity index (χ4n) is 7.24. The van der Waals surface area contributed by atoms with Crippen molar-refractivity contribution in [2.24, 2.45) is 51.3 Å². The van der Waals surface area contributed by atoms with Crippen molar-refractivity contribution in [3.05, 3.63) is 0 Å². The number of aliphatic hydroxyl groups excluding tert-OH is 1. The Morgan fingerprint density at radius 3 is 2.64 bits per heavy atom. The van der Waals surface area contributed by atoms with Gasteiger partial charge in [-0.15, -0.1) is 0 Å². The minimum Gasteiger partial charge on any atom is -0.396 e. The predicted octanol–water partition coefficient (Wildman–Crippen LogP) is 2.33. The molecule has 4 rings (SSSR count). The second kappa shape index (κ2) is 7.21. The van der Waals surface area contributed by atoms with Crippen molar-refractivity contribution in [1.82, 2.24) is 0 Å². The molecule has 28 heavy (non-hydrogen) atoms. The Morgan fingerprint density at radius 1 is 1.14 bits per heavy atom. The van der Waals surface area contributed by atoms with Crippen molar-refractivity contribution in [2.45, 2.75) is 58.8 Å². The molecule has 0 aromatic rings. The molecule has 3 N–H and O–H groups in total. The summed E-state index contributed by atoms with van der Waals surface area (Å²) in [5.41, 5.74) is 6.13. The molecular weight excluding hydrogens is 356 g/mol. The zero-order chi connectivity index (χ0) is 20.1. The standard InChI is InChI=1S/C22H34N2O4/c1-21-7-5-13(24-28-10-9-23)11-17(21)14(12-25)20(27)19-15-3-4-18(26)22(15,2)8-6-16(19)21/h14-17,19,25H,3-12,23H2,1-2H3/t14-,15+,16+,17?,19+,21-,22+/m1/s1. The van der Waals surface area contributed by atoms with E-state index in [-0.39, 0.29) is 46.9 Å². The first-order valence-electron chi connectivity index (χ1n) is 10.9. The van der Waals surface area contributed by atoms with E-state index in [1.165, 1.54) is 0 Å². The summed E-state index contributed by atoms with van der Waals surface area (Å²) in [5.74, 6) is 0.669. The monoisotopic (exact) mass is 390 g/mol. The largest absolute Gasteiger partial charge is 0.396 e. The number of hydrogen-bond donors (Lipinski definition) is 2. The number of Topliss-reactive ketones (excluding diaryl/α,β-unsaturated/α-hetero) is 2. The van der Waals surface area contributed by atoms with Gasteiger partial charge in [0.1, 0.15) is 18.2 Å². The van der Waals surface area contributed by atoms with Crippen LogP contribution in [0.4, 0.5) is 0 Å². The maximum atomic E-state index is 13.6. The molecule has 0 aromatic heterocycles. The van der Waals surface area contributed by atoms with E-state index >= 15 is 0 Å². The molecule has 156 valence electrons. The maximum absolute atomic E-state index is 13.6. The van der Waals surface area contributed by atoms with Gasteiger partial charge in [0.05, 0.1) is 12.3 Å². The van der Waals surface area contributed by atoms with Gasteiger partial charge in [0.2, 0.25) is 0 Å². The predicted molar refractivity (Wildman–Crippen MR) is 106 cm³/mol. The van der Waals surface area contributed by atoms with E-state index in [0.717, 1.165) is 37.8 Å². The molecule has 0 spiro atoms. The van der Waals surface area contributed by atoms with Gasteiger partial charge in [-0.3, -0.25) is 9.59 Å². The lowest BCUT2D eigenvalue weighted by atomic mass is 9.43. The lowest BCUT2D eigenvalue weighted by molar-refractivity contribution is -0.166. The van der Waals surface area contributed by atoms with E-state index in [1.807, 2.05) is 0 Å². The number of hydrogen-bond acceptors (Lipinski definition) is 6.